The Bertz CT molecular complexity index is 417. The lowest BCUT2D eigenvalue weighted by Gasteiger charge is -2.23. The van der Waals surface area contributed by atoms with Gasteiger partial charge in [-0.15, -0.1) is 0 Å². The minimum Gasteiger partial charge on any atom is -0.382 e. The van der Waals surface area contributed by atoms with E-state index in [4.69, 9.17) is 0 Å². The quantitative estimate of drug-likeness (QED) is 0.663. The molecule has 0 atom stereocenters. The third kappa shape index (κ3) is 3.12. The van der Waals surface area contributed by atoms with E-state index in [2.05, 4.69) is 5.32 Å². The first-order valence-corrected chi connectivity index (χ1v) is 6.91. The number of anilines is 1. The smallest absolute Gasteiger partial charge is 0.272 e. The van der Waals surface area contributed by atoms with Gasteiger partial charge in [-0.3, -0.25) is 10.1 Å². The van der Waals surface area contributed by atoms with Gasteiger partial charge in [-0.2, -0.15) is 11.8 Å². The number of nitrogens with zero attached hydrogens (tertiary/aromatic N) is 1. The first-order valence-electron chi connectivity index (χ1n) is 5.76. The Morgan fingerprint density at radius 1 is 1.41 bits per heavy atom. The minimum absolute atomic E-state index is 0.190. The van der Waals surface area contributed by atoms with Gasteiger partial charge in [-0.1, -0.05) is 0 Å². The second-order valence-electron chi connectivity index (χ2n) is 4.29. The Balaban J connectivity index is 2.06. The molecule has 0 radical (unpaired) electrons. The van der Waals surface area contributed by atoms with Crippen molar-refractivity contribution in [2.24, 2.45) is 0 Å². The fourth-order valence-electron chi connectivity index (χ4n) is 2.03. The zero-order valence-electron chi connectivity index (χ0n) is 9.81. The molecule has 0 spiro atoms. The van der Waals surface area contributed by atoms with Crippen LogP contribution in [0.1, 0.15) is 18.4 Å². The number of nitrogens with one attached hydrogen (secondary N) is 1. The van der Waals surface area contributed by atoms with Crippen molar-refractivity contribution < 1.29 is 4.92 Å². The van der Waals surface area contributed by atoms with E-state index in [9.17, 15) is 10.1 Å². The predicted molar refractivity (Wildman–Crippen MR) is 71.8 cm³/mol. The number of hydrogen-bond donors (Lipinski definition) is 1. The molecule has 0 bridgehead atoms. The van der Waals surface area contributed by atoms with Crippen molar-refractivity contribution in [1.29, 1.82) is 0 Å². The second-order valence-corrected chi connectivity index (χ2v) is 5.51. The Labute approximate surface area is 105 Å². The lowest BCUT2D eigenvalue weighted by molar-refractivity contribution is -0.385. The van der Waals surface area contributed by atoms with Crippen LogP contribution in [-0.2, 0) is 0 Å². The monoisotopic (exact) mass is 252 g/mol. The SMILES string of the molecule is Cc1cc(NC2CCSCC2)ccc1[N+](=O)[O-]. The maximum absolute atomic E-state index is 10.7. The van der Waals surface area contributed by atoms with Crippen molar-refractivity contribution in [3.8, 4) is 0 Å². The average molecular weight is 252 g/mol. The lowest BCUT2D eigenvalue weighted by Crippen LogP contribution is -2.24. The summed E-state index contributed by atoms with van der Waals surface area (Å²) in [5.74, 6) is 2.40. The van der Waals surface area contributed by atoms with E-state index < -0.39 is 0 Å². The fourth-order valence-corrected chi connectivity index (χ4v) is 3.13. The van der Waals surface area contributed by atoms with Crippen molar-refractivity contribution >= 4 is 23.1 Å². The van der Waals surface area contributed by atoms with Crippen LogP contribution in [0.3, 0.4) is 0 Å². The van der Waals surface area contributed by atoms with Gasteiger partial charge in [0.2, 0.25) is 0 Å². The molecule has 1 heterocycles. The zero-order valence-corrected chi connectivity index (χ0v) is 10.6. The van der Waals surface area contributed by atoms with Crippen LogP contribution in [0.25, 0.3) is 0 Å². The van der Waals surface area contributed by atoms with E-state index in [0.717, 1.165) is 5.69 Å². The Morgan fingerprint density at radius 3 is 2.71 bits per heavy atom. The molecule has 0 saturated carbocycles. The van der Waals surface area contributed by atoms with Gasteiger partial charge in [0.25, 0.3) is 5.69 Å². The molecule has 92 valence electrons. The van der Waals surface area contributed by atoms with Crippen LogP contribution in [0.15, 0.2) is 18.2 Å². The Kier molecular flexibility index (Phi) is 3.89. The van der Waals surface area contributed by atoms with Crippen LogP contribution in [0.5, 0.6) is 0 Å². The highest BCUT2D eigenvalue weighted by atomic mass is 32.2. The summed E-state index contributed by atoms with van der Waals surface area (Å²) in [5, 5.41) is 14.2. The van der Waals surface area contributed by atoms with Crippen molar-refractivity contribution in [1.82, 2.24) is 0 Å². The molecule has 4 nitrogen and oxygen atoms in total. The van der Waals surface area contributed by atoms with Crippen LogP contribution < -0.4 is 5.32 Å². The molecular formula is C12H16N2O2S. The largest absolute Gasteiger partial charge is 0.382 e. The maximum atomic E-state index is 10.7. The number of nitro benzene ring substituents is 1. The van der Waals surface area contributed by atoms with Crippen molar-refractivity contribution in [2.45, 2.75) is 25.8 Å². The summed E-state index contributed by atoms with van der Waals surface area (Å²) in [5.41, 5.74) is 1.89. The number of hydrogen-bond acceptors (Lipinski definition) is 4. The summed E-state index contributed by atoms with van der Waals surface area (Å²) in [6.45, 7) is 1.78. The highest BCUT2D eigenvalue weighted by Gasteiger charge is 2.15. The topological polar surface area (TPSA) is 55.2 Å². The van der Waals surface area contributed by atoms with Crippen LogP contribution in [-0.4, -0.2) is 22.5 Å². The normalized spacial score (nSPS) is 16.8. The van der Waals surface area contributed by atoms with Gasteiger partial charge in [-0.05, 0) is 43.4 Å². The van der Waals surface area contributed by atoms with E-state index in [1.54, 1.807) is 19.1 Å². The van der Waals surface area contributed by atoms with Gasteiger partial charge in [0.15, 0.2) is 0 Å². The minimum atomic E-state index is -0.337. The number of aryl methyl sites for hydroxylation is 1. The standard InChI is InChI=1S/C12H16N2O2S/c1-9-8-11(2-3-12(9)14(15)16)13-10-4-6-17-7-5-10/h2-3,8,10,13H,4-7H2,1H3. The van der Waals surface area contributed by atoms with Gasteiger partial charge in [0.05, 0.1) is 4.92 Å². The molecular weight excluding hydrogens is 236 g/mol. The lowest BCUT2D eigenvalue weighted by atomic mass is 10.1. The highest BCUT2D eigenvalue weighted by Crippen LogP contribution is 2.25. The van der Waals surface area contributed by atoms with E-state index in [1.165, 1.54) is 24.3 Å². The number of benzene rings is 1. The fraction of sp³-hybridized carbons (Fsp3) is 0.500. The maximum Gasteiger partial charge on any atom is 0.272 e. The van der Waals surface area contributed by atoms with E-state index >= 15 is 0 Å². The van der Waals surface area contributed by atoms with E-state index in [-0.39, 0.29) is 10.6 Å². The van der Waals surface area contributed by atoms with Gasteiger partial charge >= 0.3 is 0 Å². The van der Waals surface area contributed by atoms with Gasteiger partial charge in [0, 0.05) is 23.4 Å². The van der Waals surface area contributed by atoms with Crippen LogP contribution in [0.2, 0.25) is 0 Å². The molecule has 2 rings (SSSR count). The third-order valence-corrected chi connectivity index (χ3v) is 4.03. The number of rotatable bonds is 3. The number of nitro groups is 1. The van der Waals surface area contributed by atoms with Crippen molar-refractivity contribution in [3.63, 3.8) is 0 Å². The molecule has 1 saturated heterocycles. The molecule has 0 unspecified atom stereocenters. The first-order chi connectivity index (χ1) is 8.16. The van der Waals surface area contributed by atoms with E-state index in [0.29, 0.717) is 11.6 Å². The van der Waals surface area contributed by atoms with Crippen LogP contribution in [0, 0.1) is 17.0 Å². The molecule has 1 aromatic carbocycles. The van der Waals surface area contributed by atoms with E-state index in [1.807, 2.05) is 17.8 Å². The van der Waals surface area contributed by atoms with Gasteiger partial charge in [0.1, 0.15) is 0 Å². The Morgan fingerprint density at radius 2 is 2.12 bits per heavy atom. The van der Waals surface area contributed by atoms with Crippen molar-refractivity contribution in [3.05, 3.63) is 33.9 Å². The van der Waals surface area contributed by atoms with Crippen molar-refractivity contribution in [2.75, 3.05) is 16.8 Å². The molecule has 1 aromatic rings. The molecule has 1 N–H and O–H groups in total. The molecule has 1 aliphatic heterocycles. The molecule has 5 heteroatoms. The Hall–Kier alpha value is -1.23. The summed E-state index contributed by atoms with van der Waals surface area (Å²) in [6.07, 6.45) is 2.33. The second kappa shape index (κ2) is 5.40. The summed E-state index contributed by atoms with van der Waals surface area (Å²) >= 11 is 1.99. The highest BCUT2D eigenvalue weighted by molar-refractivity contribution is 7.99. The summed E-state index contributed by atoms with van der Waals surface area (Å²) < 4.78 is 0. The molecule has 1 aliphatic rings. The molecule has 0 aliphatic carbocycles. The predicted octanol–water partition coefficient (Wildman–Crippen LogP) is 3.21. The summed E-state index contributed by atoms with van der Waals surface area (Å²) in [6, 6.07) is 5.75. The van der Waals surface area contributed by atoms with Crippen LogP contribution >= 0.6 is 11.8 Å². The zero-order chi connectivity index (χ0) is 12.3. The van der Waals surface area contributed by atoms with Gasteiger partial charge < -0.3 is 5.32 Å². The molecule has 17 heavy (non-hydrogen) atoms. The first kappa shape index (κ1) is 12.2. The number of thioether (sulfide) groups is 1. The third-order valence-electron chi connectivity index (χ3n) is 2.99. The van der Waals surface area contributed by atoms with Gasteiger partial charge in [-0.25, -0.2) is 0 Å². The summed E-state index contributed by atoms with van der Waals surface area (Å²) in [4.78, 5) is 10.4. The molecule has 0 aromatic heterocycles. The molecule has 0 amide bonds. The summed E-state index contributed by atoms with van der Waals surface area (Å²) in [7, 11) is 0. The average Bonchev–Trinajstić information content (AvgIpc) is 2.30. The van der Waals surface area contributed by atoms with Crippen LogP contribution in [0.4, 0.5) is 11.4 Å². The molecule has 1 fully saturated rings.